The Morgan fingerprint density at radius 2 is 2.27 bits per heavy atom. The van der Waals surface area contributed by atoms with Gasteiger partial charge in [0.2, 0.25) is 5.91 Å². The van der Waals surface area contributed by atoms with Gasteiger partial charge in [-0.05, 0) is 25.8 Å². The highest BCUT2D eigenvalue weighted by atomic mass is 35.5. The minimum absolute atomic E-state index is 0. The molecule has 1 spiro atoms. The number of hydrogen-bond acceptors (Lipinski definition) is 3. The lowest BCUT2D eigenvalue weighted by Gasteiger charge is -2.33. The third-order valence-corrected chi connectivity index (χ3v) is 3.53. The van der Waals surface area contributed by atoms with Crippen LogP contribution in [0.1, 0.15) is 19.3 Å². The maximum Gasteiger partial charge on any atom is 0.236 e. The van der Waals surface area contributed by atoms with Crippen molar-refractivity contribution in [1.82, 2.24) is 10.2 Å². The average molecular weight is 234 g/mol. The van der Waals surface area contributed by atoms with Gasteiger partial charge in [-0.3, -0.25) is 4.79 Å². The van der Waals surface area contributed by atoms with Crippen molar-refractivity contribution >= 4 is 18.3 Å². The summed E-state index contributed by atoms with van der Waals surface area (Å²) in [5, 5.41) is 3.43. The molecule has 0 saturated carbocycles. The first-order chi connectivity index (χ1) is 6.76. The molecule has 2 heterocycles. The molecule has 2 rings (SSSR count). The number of carbonyl (C=O) groups is 1. The van der Waals surface area contributed by atoms with Crippen molar-refractivity contribution in [3.05, 3.63) is 0 Å². The summed E-state index contributed by atoms with van der Waals surface area (Å²) in [6, 6.07) is 0. The van der Waals surface area contributed by atoms with Gasteiger partial charge in [-0.25, -0.2) is 0 Å². The standard InChI is InChI=1S/C10H19N3O.ClH/c11-6-9(14)13-5-3-10(8-13)2-1-4-12-7-10;/h12H,1-8,11H2;1H. The molecule has 0 radical (unpaired) electrons. The highest BCUT2D eigenvalue weighted by molar-refractivity contribution is 5.85. The first-order valence-electron chi connectivity index (χ1n) is 5.44. The van der Waals surface area contributed by atoms with Gasteiger partial charge >= 0.3 is 0 Å². The summed E-state index contributed by atoms with van der Waals surface area (Å²) in [4.78, 5) is 13.3. The number of nitrogens with zero attached hydrogens (tertiary/aromatic N) is 1. The highest BCUT2D eigenvalue weighted by Gasteiger charge is 2.40. The molecule has 4 nitrogen and oxygen atoms in total. The summed E-state index contributed by atoms with van der Waals surface area (Å²) in [5.41, 5.74) is 5.73. The van der Waals surface area contributed by atoms with Gasteiger partial charge in [-0.1, -0.05) is 0 Å². The number of carbonyl (C=O) groups excluding carboxylic acids is 1. The quantitative estimate of drug-likeness (QED) is 0.669. The Hall–Kier alpha value is -0.320. The fourth-order valence-corrected chi connectivity index (χ4v) is 2.66. The number of nitrogens with one attached hydrogen (secondary N) is 1. The van der Waals surface area contributed by atoms with Crippen molar-refractivity contribution < 1.29 is 4.79 Å². The lowest BCUT2D eigenvalue weighted by Crippen LogP contribution is -2.43. The van der Waals surface area contributed by atoms with E-state index in [2.05, 4.69) is 5.32 Å². The van der Waals surface area contributed by atoms with Crippen molar-refractivity contribution in [1.29, 1.82) is 0 Å². The number of halogens is 1. The highest BCUT2D eigenvalue weighted by Crippen LogP contribution is 2.36. The molecule has 0 aromatic carbocycles. The number of hydrogen-bond donors (Lipinski definition) is 2. The predicted octanol–water partition coefficient (Wildman–Crippen LogP) is -0.0310. The summed E-state index contributed by atoms with van der Waals surface area (Å²) in [6.45, 7) is 4.17. The monoisotopic (exact) mass is 233 g/mol. The molecular formula is C10H20ClN3O. The Labute approximate surface area is 97.0 Å². The zero-order chi connectivity index (χ0) is 10.0. The van der Waals surface area contributed by atoms with Crippen molar-refractivity contribution in [2.24, 2.45) is 11.1 Å². The minimum Gasteiger partial charge on any atom is -0.341 e. The molecular weight excluding hydrogens is 214 g/mol. The van der Waals surface area contributed by atoms with Gasteiger partial charge in [0.25, 0.3) is 0 Å². The average Bonchev–Trinajstić information content (AvgIpc) is 2.62. The molecule has 2 fully saturated rings. The molecule has 0 aromatic rings. The van der Waals surface area contributed by atoms with E-state index in [1.807, 2.05) is 4.90 Å². The first kappa shape index (κ1) is 12.7. The van der Waals surface area contributed by atoms with Crippen LogP contribution in [0.15, 0.2) is 0 Å². The van der Waals surface area contributed by atoms with E-state index in [9.17, 15) is 4.79 Å². The lowest BCUT2D eigenvalue weighted by molar-refractivity contribution is -0.129. The van der Waals surface area contributed by atoms with Crippen LogP contribution in [0.25, 0.3) is 0 Å². The van der Waals surface area contributed by atoms with E-state index in [1.165, 1.54) is 12.8 Å². The van der Waals surface area contributed by atoms with Crippen molar-refractivity contribution in [3.63, 3.8) is 0 Å². The van der Waals surface area contributed by atoms with Gasteiger partial charge in [-0.15, -0.1) is 12.4 Å². The van der Waals surface area contributed by atoms with E-state index in [0.717, 1.165) is 32.6 Å². The van der Waals surface area contributed by atoms with Crippen LogP contribution < -0.4 is 11.1 Å². The van der Waals surface area contributed by atoms with Crippen LogP contribution in [-0.4, -0.2) is 43.5 Å². The van der Waals surface area contributed by atoms with E-state index < -0.39 is 0 Å². The van der Waals surface area contributed by atoms with Crippen molar-refractivity contribution in [2.75, 3.05) is 32.7 Å². The third-order valence-electron chi connectivity index (χ3n) is 3.53. The summed E-state index contributed by atoms with van der Waals surface area (Å²) < 4.78 is 0. The maximum absolute atomic E-state index is 11.4. The second-order valence-corrected chi connectivity index (χ2v) is 4.55. The van der Waals surface area contributed by atoms with Crippen LogP contribution in [0.2, 0.25) is 0 Å². The molecule has 2 aliphatic heterocycles. The Balaban J connectivity index is 0.00000112. The second-order valence-electron chi connectivity index (χ2n) is 4.55. The van der Waals surface area contributed by atoms with Crippen LogP contribution in [0.3, 0.4) is 0 Å². The number of rotatable bonds is 1. The number of amides is 1. The normalized spacial score (nSPS) is 30.3. The molecule has 5 heteroatoms. The molecule has 2 saturated heterocycles. The van der Waals surface area contributed by atoms with Crippen LogP contribution in [0.5, 0.6) is 0 Å². The molecule has 1 amide bonds. The van der Waals surface area contributed by atoms with Gasteiger partial charge < -0.3 is 16.0 Å². The molecule has 0 aromatic heterocycles. The van der Waals surface area contributed by atoms with Gasteiger partial charge in [0.15, 0.2) is 0 Å². The molecule has 88 valence electrons. The van der Waals surface area contributed by atoms with Crippen LogP contribution in [0.4, 0.5) is 0 Å². The molecule has 15 heavy (non-hydrogen) atoms. The van der Waals surface area contributed by atoms with E-state index >= 15 is 0 Å². The van der Waals surface area contributed by atoms with E-state index in [1.54, 1.807) is 0 Å². The number of likely N-dealkylation sites (tertiary alicyclic amines) is 1. The number of piperidine rings is 1. The minimum atomic E-state index is 0. The van der Waals surface area contributed by atoms with Crippen LogP contribution >= 0.6 is 12.4 Å². The van der Waals surface area contributed by atoms with E-state index in [-0.39, 0.29) is 24.9 Å². The van der Waals surface area contributed by atoms with Gasteiger partial charge in [-0.2, -0.15) is 0 Å². The second kappa shape index (κ2) is 5.14. The Morgan fingerprint density at radius 3 is 2.87 bits per heavy atom. The zero-order valence-electron chi connectivity index (χ0n) is 9.00. The van der Waals surface area contributed by atoms with E-state index in [0.29, 0.717) is 5.41 Å². The summed E-state index contributed by atoms with van der Waals surface area (Å²) in [6.07, 6.45) is 3.64. The Kier molecular flexibility index (Phi) is 4.37. The zero-order valence-corrected chi connectivity index (χ0v) is 9.81. The summed E-state index contributed by atoms with van der Waals surface area (Å²) in [5.74, 6) is 0.104. The lowest BCUT2D eigenvalue weighted by atomic mass is 9.80. The predicted molar refractivity (Wildman–Crippen MR) is 62.0 cm³/mol. The molecule has 0 bridgehead atoms. The SMILES string of the molecule is Cl.NCC(=O)N1CCC2(CCCNC2)C1. The Bertz CT molecular complexity index is 229. The van der Waals surface area contributed by atoms with Gasteiger partial charge in [0.05, 0.1) is 6.54 Å². The number of nitrogens with two attached hydrogens (primary N) is 1. The fourth-order valence-electron chi connectivity index (χ4n) is 2.66. The third kappa shape index (κ3) is 2.62. The summed E-state index contributed by atoms with van der Waals surface area (Å²) in [7, 11) is 0. The van der Waals surface area contributed by atoms with Crippen molar-refractivity contribution in [2.45, 2.75) is 19.3 Å². The summed E-state index contributed by atoms with van der Waals surface area (Å²) >= 11 is 0. The molecule has 2 aliphatic rings. The molecule has 0 aliphatic carbocycles. The Morgan fingerprint density at radius 1 is 1.47 bits per heavy atom. The smallest absolute Gasteiger partial charge is 0.236 e. The topological polar surface area (TPSA) is 58.4 Å². The van der Waals surface area contributed by atoms with E-state index in [4.69, 9.17) is 5.73 Å². The molecule has 3 N–H and O–H groups in total. The van der Waals surface area contributed by atoms with Crippen molar-refractivity contribution in [3.8, 4) is 0 Å². The van der Waals surface area contributed by atoms with Gasteiger partial charge in [0.1, 0.15) is 0 Å². The molecule has 1 atom stereocenters. The molecule has 1 unspecified atom stereocenters. The fraction of sp³-hybridized carbons (Fsp3) is 0.900. The maximum atomic E-state index is 11.4. The largest absolute Gasteiger partial charge is 0.341 e. The van der Waals surface area contributed by atoms with Gasteiger partial charge in [0, 0.05) is 25.0 Å². The first-order valence-corrected chi connectivity index (χ1v) is 5.44. The van der Waals surface area contributed by atoms with Crippen LogP contribution in [-0.2, 0) is 4.79 Å². The van der Waals surface area contributed by atoms with Crippen LogP contribution in [0, 0.1) is 5.41 Å².